The predicted octanol–water partition coefficient (Wildman–Crippen LogP) is 2.18. The molecule has 1 aromatic carbocycles. The average molecular weight is 360 g/mol. The molecule has 3 N–H and O–H groups in total. The lowest BCUT2D eigenvalue weighted by Crippen LogP contribution is -2.50. The molecule has 2 atom stereocenters. The van der Waals surface area contributed by atoms with Crippen LogP contribution in [0.5, 0.6) is 0 Å². The molecule has 0 aliphatic carbocycles. The van der Waals surface area contributed by atoms with E-state index in [-0.39, 0.29) is 12.5 Å². The molecule has 8 heteroatoms. The second-order valence-electron chi connectivity index (χ2n) is 6.20. The lowest BCUT2D eigenvalue weighted by molar-refractivity contribution is -0.205. The number of halogens is 3. The smallest absolute Gasteiger partial charge is 0.384 e. The number of hydrogen-bond acceptors (Lipinski definition) is 3. The fourth-order valence-corrected chi connectivity index (χ4v) is 2.07. The summed E-state index contributed by atoms with van der Waals surface area (Å²) in [6, 6.07) is 5.88. The SMILES string of the molecule is Cc1ccc(C(=O)N[C@@H](C(=O)NCC[C@@H](O)C(F)(F)F)C(C)C)cc1. The van der Waals surface area contributed by atoms with E-state index < -0.39 is 36.6 Å². The minimum Gasteiger partial charge on any atom is -0.384 e. The van der Waals surface area contributed by atoms with Gasteiger partial charge >= 0.3 is 6.18 Å². The Labute approximate surface area is 144 Å². The zero-order valence-electron chi connectivity index (χ0n) is 14.4. The Morgan fingerprint density at radius 1 is 1.16 bits per heavy atom. The van der Waals surface area contributed by atoms with Crippen molar-refractivity contribution in [3.63, 3.8) is 0 Å². The standard InChI is InChI=1S/C17H23F3N2O3/c1-10(2)14(16(25)21-9-8-13(23)17(18,19)20)22-15(24)12-6-4-11(3)5-7-12/h4-7,10,13-14,23H,8-9H2,1-3H3,(H,21,25)(H,22,24)/t13-,14-/m1/s1. The summed E-state index contributed by atoms with van der Waals surface area (Å²) in [6.45, 7) is 4.96. The van der Waals surface area contributed by atoms with Crippen LogP contribution in [0.2, 0.25) is 0 Å². The highest BCUT2D eigenvalue weighted by atomic mass is 19.4. The first-order valence-electron chi connectivity index (χ1n) is 7.92. The van der Waals surface area contributed by atoms with Gasteiger partial charge in [-0.25, -0.2) is 0 Å². The van der Waals surface area contributed by atoms with E-state index in [0.29, 0.717) is 5.56 Å². The summed E-state index contributed by atoms with van der Waals surface area (Å²) >= 11 is 0. The van der Waals surface area contributed by atoms with Gasteiger partial charge in [0.25, 0.3) is 5.91 Å². The van der Waals surface area contributed by atoms with Crippen LogP contribution < -0.4 is 10.6 Å². The van der Waals surface area contributed by atoms with Gasteiger partial charge in [0.05, 0.1) is 0 Å². The molecule has 0 bridgehead atoms. The van der Waals surface area contributed by atoms with Gasteiger partial charge < -0.3 is 15.7 Å². The van der Waals surface area contributed by atoms with Gasteiger partial charge in [0, 0.05) is 12.1 Å². The van der Waals surface area contributed by atoms with Crippen molar-refractivity contribution in [1.29, 1.82) is 0 Å². The van der Waals surface area contributed by atoms with Crippen LogP contribution in [0.15, 0.2) is 24.3 Å². The van der Waals surface area contributed by atoms with Crippen molar-refractivity contribution < 1.29 is 27.9 Å². The normalized spacial score (nSPS) is 14.1. The average Bonchev–Trinajstić information content (AvgIpc) is 2.51. The monoisotopic (exact) mass is 360 g/mol. The number of aryl methyl sites for hydroxylation is 1. The van der Waals surface area contributed by atoms with Gasteiger partial charge in [-0.15, -0.1) is 0 Å². The molecule has 0 fully saturated rings. The maximum absolute atomic E-state index is 12.2. The van der Waals surface area contributed by atoms with E-state index in [1.807, 2.05) is 6.92 Å². The van der Waals surface area contributed by atoms with Crippen molar-refractivity contribution in [2.45, 2.75) is 45.5 Å². The summed E-state index contributed by atoms with van der Waals surface area (Å²) in [7, 11) is 0. The van der Waals surface area contributed by atoms with Gasteiger partial charge in [-0.2, -0.15) is 13.2 Å². The minimum atomic E-state index is -4.72. The number of nitrogens with one attached hydrogen (secondary N) is 2. The van der Waals surface area contributed by atoms with Gasteiger partial charge in [-0.05, 0) is 31.4 Å². The predicted molar refractivity (Wildman–Crippen MR) is 87.0 cm³/mol. The molecule has 1 aromatic rings. The van der Waals surface area contributed by atoms with Crippen molar-refractivity contribution in [3.05, 3.63) is 35.4 Å². The summed E-state index contributed by atoms with van der Waals surface area (Å²) in [5.41, 5.74) is 1.37. The van der Waals surface area contributed by atoms with Gasteiger partial charge in [0.1, 0.15) is 6.04 Å². The van der Waals surface area contributed by atoms with E-state index in [4.69, 9.17) is 5.11 Å². The fraction of sp³-hybridized carbons (Fsp3) is 0.529. The molecule has 5 nitrogen and oxygen atoms in total. The zero-order valence-corrected chi connectivity index (χ0v) is 14.4. The van der Waals surface area contributed by atoms with E-state index in [1.54, 1.807) is 38.1 Å². The van der Waals surface area contributed by atoms with Gasteiger partial charge in [0.2, 0.25) is 5.91 Å². The Balaban J connectivity index is 2.62. The van der Waals surface area contributed by atoms with E-state index in [1.165, 1.54) is 0 Å². The molecule has 0 spiro atoms. The van der Waals surface area contributed by atoms with Gasteiger partial charge in [-0.3, -0.25) is 9.59 Å². The summed E-state index contributed by atoms with van der Waals surface area (Å²) in [4.78, 5) is 24.4. The highest BCUT2D eigenvalue weighted by Gasteiger charge is 2.37. The number of amides is 2. The topological polar surface area (TPSA) is 78.4 Å². The second-order valence-corrected chi connectivity index (χ2v) is 6.20. The molecule has 0 saturated carbocycles. The fourth-order valence-electron chi connectivity index (χ4n) is 2.07. The Bertz CT molecular complexity index is 586. The molecule has 0 aliphatic heterocycles. The summed E-state index contributed by atoms with van der Waals surface area (Å²) in [5, 5.41) is 13.8. The third kappa shape index (κ3) is 6.74. The molecule has 25 heavy (non-hydrogen) atoms. The van der Waals surface area contributed by atoms with Crippen LogP contribution >= 0.6 is 0 Å². The van der Waals surface area contributed by atoms with E-state index in [2.05, 4.69) is 10.6 Å². The number of hydrogen-bond donors (Lipinski definition) is 3. The molecule has 0 saturated heterocycles. The van der Waals surface area contributed by atoms with E-state index in [9.17, 15) is 22.8 Å². The number of benzene rings is 1. The Morgan fingerprint density at radius 2 is 1.72 bits per heavy atom. The van der Waals surface area contributed by atoms with E-state index in [0.717, 1.165) is 5.56 Å². The molecular formula is C17H23F3N2O3. The van der Waals surface area contributed by atoms with Crippen molar-refractivity contribution in [2.24, 2.45) is 5.92 Å². The Kier molecular flexibility index (Phi) is 7.41. The van der Waals surface area contributed by atoms with Crippen LogP contribution in [-0.4, -0.2) is 41.8 Å². The van der Waals surface area contributed by atoms with Crippen LogP contribution in [-0.2, 0) is 4.79 Å². The van der Waals surface area contributed by atoms with Crippen LogP contribution in [0.4, 0.5) is 13.2 Å². The molecule has 0 unspecified atom stereocenters. The number of carbonyl (C=O) groups excluding carboxylic acids is 2. The maximum atomic E-state index is 12.2. The summed E-state index contributed by atoms with van der Waals surface area (Å²) in [5.74, 6) is -1.30. The molecule has 0 aliphatic rings. The maximum Gasteiger partial charge on any atom is 0.414 e. The molecule has 0 aromatic heterocycles. The summed E-state index contributed by atoms with van der Waals surface area (Å²) in [6.07, 6.45) is -7.86. The summed E-state index contributed by atoms with van der Waals surface area (Å²) < 4.78 is 36.7. The number of alkyl halides is 3. The van der Waals surface area contributed by atoms with Crippen LogP contribution in [0.3, 0.4) is 0 Å². The zero-order chi connectivity index (χ0) is 19.2. The molecular weight excluding hydrogens is 337 g/mol. The first kappa shape index (κ1) is 21.0. The first-order chi connectivity index (χ1) is 11.5. The third-order valence-electron chi connectivity index (χ3n) is 3.64. The molecule has 0 radical (unpaired) electrons. The van der Waals surface area contributed by atoms with Crippen LogP contribution in [0.1, 0.15) is 36.2 Å². The first-order valence-corrected chi connectivity index (χ1v) is 7.92. The number of aliphatic hydroxyl groups excluding tert-OH is 1. The van der Waals surface area contributed by atoms with Crippen molar-refractivity contribution in [1.82, 2.24) is 10.6 Å². The highest BCUT2D eigenvalue weighted by molar-refractivity contribution is 5.97. The second kappa shape index (κ2) is 8.84. The van der Waals surface area contributed by atoms with E-state index >= 15 is 0 Å². The molecule has 140 valence electrons. The van der Waals surface area contributed by atoms with Crippen molar-refractivity contribution in [2.75, 3.05) is 6.54 Å². The third-order valence-corrected chi connectivity index (χ3v) is 3.64. The van der Waals surface area contributed by atoms with Crippen LogP contribution in [0.25, 0.3) is 0 Å². The minimum absolute atomic E-state index is 0.262. The van der Waals surface area contributed by atoms with Crippen molar-refractivity contribution >= 4 is 11.8 Å². The highest BCUT2D eigenvalue weighted by Crippen LogP contribution is 2.21. The number of aliphatic hydroxyl groups is 1. The largest absolute Gasteiger partial charge is 0.414 e. The van der Waals surface area contributed by atoms with Gasteiger partial charge in [0.15, 0.2) is 6.10 Å². The lowest BCUT2D eigenvalue weighted by Gasteiger charge is -2.22. The quantitative estimate of drug-likeness (QED) is 0.697. The lowest BCUT2D eigenvalue weighted by atomic mass is 10.0. The van der Waals surface area contributed by atoms with Gasteiger partial charge in [-0.1, -0.05) is 31.5 Å². The molecule has 2 amide bonds. The number of carbonyl (C=O) groups is 2. The van der Waals surface area contributed by atoms with Crippen molar-refractivity contribution in [3.8, 4) is 0 Å². The molecule has 1 rings (SSSR count). The van der Waals surface area contributed by atoms with Crippen LogP contribution in [0, 0.1) is 12.8 Å². The Hall–Kier alpha value is -2.09. The Morgan fingerprint density at radius 3 is 2.20 bits per heavy atom. The molecule has 0 heterocycles. The number of rotatable bonds is 7.